The van der Waals surface area contributed by atoms with Crippen molar-refractivity contribution in [2.45, 2.75) is 33.1 Å². The SMILES string of the molecule is CCCCN(CC)CCCNC. The Balaban J connectivity index is 3.26. The standard InChI is InChI=1S/C10H24N2/c1-4-6-9-12(5-2)10-7-8-11-3/h11H,4-10H2,1-3H3. The van der Waals surface area contributed by atoms with Crippen LogP contribution >= 0.6 is 0 Å². The van der Waals surface area contributed by atoms with Gasteiger partial charge in [-0.25, -0.2) is 0 Å². The maximum atomic E-state index is 3.18. The average Bonchev–Trinajstić information content (AvgIpc) is 2.11. The van der Waals surface area contributed by atoms with Gasteiger partial charge in [-0.2, -0.15) is 0 Å². The summed E-state index contributed by atoms with van der Waals surface area (Å²) in [6.07, 6.45) is 3.92. The van der Waals surface area contributed by atoms with E-state index >= 15 is 0 Å². The third kappa shape index (κ3) is 6.62. The van der Waals surface area contributed by atoms with Gasteiger partial charge in [0.15, 0.2) is 0 Å². The van der Waals surface area contributed by atoms with Gasteiger partial charge in [0.25, 0.3) is 0 Å². The van der Waals surface area contributed by atoms with Crippen molar-refractivity contribution in [2.24, 2.45) is 0 Å². The van der Waals surface area contributed by atoms with E-state index in [0.29, 0.717) is 0 Å². The van der Waals surface area contributed by atoms with E-state index in [4.69, 9.17) is 0 Å². The second-order valence-corrected chi connectivity index (χ2v) is 3.24. The molecule has 0 unspecified atom stereocenters. The zero-order chi connectivity index (χ0) is 9.23. The largest absolute Gasteiger partial charge is 0.320 e. The monoisotopic (exact) mass is 172 g/mol. The van der Waals surface area contributed by atoms with Crippen LogP contribution in [0, 0.1) is 0 Å². The van der Waals surface area contributed by atoms with Gasteiger partial charge in [0, 0.05) is 0 Å². The van der Waals surface area contributed by atoms with E-state index in [9.17, 15) is 0 Å². The maximum absolute atomic E-state index is 3.18. The minimum absolute atomic E-state index is 1.14. The highest BCUT2D eigenvalue weighted by molar-refractivity contribution is 4.55. The van der Waals surface area contributed by atoms with Gasteiger partial charge in [0.05, 0.1) is 0 Å². The van der Waals surface area contributed by atoms with Crippen LogP contribution in [0.25, 0.3) is 0 Å². The minimum atomic E-state index is 1.14. The van der Waals surface area contributed by atoms with E-state index < -0.39 is 0 Å². The van der Waals surface area contributed by atoms with Gasteiger partial charge in [0.1, 0.15) is 0 Å². The van der Waals surface area contributed by atoms with E-state index in [1.807, 2.05) is 7.05 Å². The Morgan fingerprint density at radius 1 is 1.08 bits per heavy atom. The third-order valence-corrected chi connectivity index (χ3v) is 2.18. The molecule has 0 aromatic heterocycles. The first kappa shape index (κ1) is 11.9. The fourth-order valence-electron chi connectivity index (χ4n) is 1.29. The molecule has 0 amide bonds. The van der Waals surface area contributed by atoms with Crippen molar-refractivity contribution in [3.8, 4) is 0 Å². The lowest BCUT2D eigenvalue weighted by Gasteiger charge is -2.19. The van der Waals surface area contributed by atoms with Crippen LogP contribution in [-0.4, -0.2) is 38.1 Å². The number of unbranched alkanes of at least 4 members (excludes halogenated alkanes) is 1. The van der Waals surface area contributed by atoms with Gasteiger partial charge in [-0.3, -0.25) is 0 Å². The van der Waals surface area contributed by atoms with Crippen LogP contribution in [0.2, 0.25) is 0 Å². The second kappa shape index (κ2) is 9.01. The highest BCUT2D eigenvalue weighted by Gasteiger charge is 1.99. The minimum Gasteiger partial charge on any atom is -0.320 e. The van der Waals surface area contributed by atoms with Crippen LogP contribution in [0.5, 0.6) is 0 Å². The summed E-state index contributed by atoms with van der Waals surface area (Å²) >= 11 is 0. The lowest BCUT2D eigenvalue weighted by molar-refractivity contribution is 0.279. The Morgan fingerprint density at radius 3 is 2.25 bits per heavy atom. The maximum Gasteiger partial charge on any atom is -0.000676 e. The highest BCUT2D eigenvalue weighted by Crippen LogP contribution is 1.95. The van der Waals surface area contributed by atoms with Crippen LogP contribution in [0.15, 0.2) is 0 Å². The van der Waals surface area contributed by atoms with E-state index in [1.54, 1.807) is 0 Å². The zero-order valence-corrected chi connectivity index (χ0v) is 8.90. The molecule has 0 aliphatic carbocycles. The molecule has 12 heavy (non-hydrogen) atoms. The Labute approximate surface area is 77.3 Å². The number of hydrogen-bond acceptors (Lipinski definition) is 2. The summed E-state index contributed by atoms with van der Waals surface area (Å²) in [4.78, 5) is 2.53. The van der Waals surface area contributed by atoms with Gasteiger partial charge < -0.3 is 10.2 Å². The Morgan fingerprint density at radius 2 is 1.75 bits per heavy atom. The van der Waals surface area contributed by atoms with Crippen LogP contribution < -0.4 is 5.32 Å². The fraction of sp³-hybridized carbons (Fsp3) is 1.00. The van der Waals surface area contributed by atoms with E-state index in [-0.39, 0.29) is 0 Å². The predicted molar refractivity (Wildman–Crippen MR) is 55.6 cm³/mol. The number of hydrogen-bond donors (Lipinski definition) is 1. The summed E-state index contributed by atoms with van der Waals surface area (Å²) in [5.41, 5.74) is 0. The molecule has 0 aliphatic heterocycles. The smallest absolute Gasteiger partial charge is 0.000676 e. The average molecular weight is 172 g/mol. The van der Waals surface area contributed by atoms with E-state index in [2.05, 4.69) is 24.1 Å². The van der Waals surface area contributed by atoms with Crippen molar-refractivity contribution in [2.75, 3.05) is 33.2 Å². The molecule has 0 fully saturated rings. The lowest BCUT2D eigenvalue weighted by atomic mass is 10.3. The molecule has 0 heterocycles. The third-order valence-electron chi connectivity index (χ3n) is 2.18. The molecule has 74 valence electrons. The van der Waals surface area contributed by atoms with Crippen LogP contribution in [0.4, 0.5) is 0 Å². The fourth-order valence-corrected chi connectivity index (χ4v) is 1.29. The molecule has 0 radical (unpaired) electrons. The lowest BCUT2D eigenvalue weighted by Crippen LogP contribution is -2.27. The van der Waals surface area contributed by atoms with Crippen molar-refractivity contribution in [1.29, 1.82) is 0 Å². The highest BCUT2D eigenvalue weighted by atomic mass is 15.1. The van der Waals surface area contributed by atoms with Crippen LogP contribution in [-0.2, 0) is 0 Å². The molecule has 0 bridgehead atoms. The van der Waals surface area contributed by atoms with Gasteiger partial charge in [-0.1, -0.05) is 20.3 Å². The topological polar surface area (TPSA) is 15.3 Å². The number of nitrogens with zero attached hydrogens (tertiary/aromatic N) is 1. The predicted octanol–water partition coefficient (Wildman–Crippen LogP) is 1.72. The van der Waals surface area contributed by atoms with Crippen molar-refractivity contribution < 1.29 is 0 Å². The molecule has 0 aromatic rings. The summed E-state index contributed by atoms with van der Waals surface area (Å²) in [7, 11) is 2.02. The van der Waals surface area contributed by atoms with Crippen LogP contribution in [0.3, 0.4) is 0 Å². The van der Waals surface area contributed by atoms with Gasteiger partial charge in [-0.05, 0) is 46.1 Å². The molecule has 0 aliphatic rings. The molecule has 2 nitrogen and oxygen atoms in total. The Bertz CT molecular complexity index is 83.9. The Kier molecular flexibility index (Phi) is 8.95. The zero-order valence-electron chi connectivity index (χ0n) is 8.90. The van der Waals surface area contributed by atoms with E-state index in [1.165, 1.54) is 38.9 Å². The molecule has 1 N–H and O–H groups in total. The van der Waals surface area contributed by atoms with Gasteiger partial charge in [0.2, 0.25) is 0 Å². The number of rotatable bonds is 8. The van der Waals surface area contributed by atoms with Crippen LogP contribution in [0.1, 0.15) is 33.1 Å². The summed E-state index contributed by atoms with van der Waals surface area (Å²) in [6, 6.07) is 0. The van der Waals surface area contributed by atoms with Crippen molar-refractivity contribution in [1.82, 2.24) is 10.2 Å². The summed E-state index contributed by atoms with van der Waals surface area (Å²) in [5.74, 6) is 0. The molecule has 0 atom stereocenters. The quantitative estimate of drug-likeness (QED) is 0.561. The molecule has 0 rings (SSSR count). The molecule has 0 saturated heterocycles. The summed E-state index contributed by atoms with van der Waals surface area (Å²) < 4.78 is 0. The molecular weight excluding hydrogens is 148 g/mol. The molecule has 0 aromatic carbocycles. The van der Waals surface area contributed by atoms with Crippen molar-refractivity contribution >= 4 is 0 Å². The van der Waals surface area contributed by atoms with Gasteiger partial charge in [-0.15, -0.1) is 0 Å². The first-order valence-electron chi connectivity index (χ1n) is 5.22. The van der Waals surface area contributed by atoms with Crippen molar-refractivity contribution in [3.05, 3.63) is 0 Å². The first-order chi connectivity index (χ1) is 5.85. The summed E-state index contributed by atoms with van der Waals surface area (Å²) in [6.45, 7) is 9.36. The van der Waals surface area contributed by atoms with Crippen molar-refractivity contribution in [3.63, 3.8) is 0 Å². The number of nitrogens with one attached hydrogen (secondary N) is 1. The normalized spacial score (nSPS) is 11.0. The second-order valence-electron chi connectivity index (χ2n) is 3.24. The first-order valence-corrected chi connectivity index (χ1v) is 5.22. The molecule has 2 heteroatoms. The summed E-state index contributed by atoms with van der Waals surface area (Å²) in [5, 5.41) is 3.18. The Hall–Kier alpha value is -0.0800. The molecule has 0 spiro atoms. The van der Waals surface area contributed by atoms with Gasteiger partial charge >= 0.3 is 0 Å². The molecular formula is C10H24N2. The van der Waals surface area contributed by atoms with E-state index in [0.717, 1.165) is 6.54 Å². The molecule has 0 saturated carbocycles.